The summed E-state index contributed by atoms with van der Waals surface area (Å²) in [6.45, 7) is 14.4. The van der Waals surface area contributed by atoms with Crippen molar-refractivity contribution in [2.24, 2.45) is 0 Å². The number of ether oxygens (including phenoxy) is 2. The van der Waals surface area contributed by atoms with Gasteiger partial charge in [-0.05, 0) is 13.3 Å². The van der Waals surface area contributed by atoms with E-state index in [4.69, 9.17) is 25.1 Å². The van der Waals surface area contributed by atoms with Crippen molar-refractivity contribution in [2.45, 2.75) is 50.6 Å². The molecule has 0 aromatic rings. The Hall–Kier alpha value is -0.240. The molecule has 0 radical (unpaired) electrons. The van der Waals surface area contributed by atoms with E-state index < -0.39 is 8.38 Å². The smallest absolute Gasteiger partial charge is 0.238 e. The second-order valence-corrected chi connectivity index (χ2v) is 6.36. The van der Waals surface area contributed by atoms with Crippen LogP contribution < -0.4 is 0 Å². The molecule has 108 valence electrons. The zero-order chi connectivity index (χ0) is 13.9. The summed E-state index contributed by atoms with van der Waals surface area (Å²) in [5, 5.41) is 0. The van der Waals surface area contributed by atoms with Gasteiger partial charge in [-0.15, -0.1) is 0 Å². The molecule has 6 heteroatoms. The Bertz CT molecular complexity index is 348. The standard InChI is InChI=1S/C13H22NO4P/c1-5-13-6-8-15-11(10(2)17-13)12(13)18-19(4)16-9-7-14-3/h10-12H,5-9H2,1-2,4H3/t10-,11-,12-,13-,19?/m0/s1. The second-order valence-electron chi connectivity index (χ2n) is 5.01. The quantitative estimate of drug-likeness (QED) is 0.428. The van der Waals surface area contributed by atoms with E-state index in [1.54, 1.807) is 0 Å². The third kappa shape index (κ3) is 3.09. The highest BCUT2D eigenvalue weighted by molar-refractivity contribution is 7.46. The minimum absolute atomic E-state index is 0.00288. The van der Waals surface area contributed by atoms with Crippen LogP contribution in [-0.4, -0.2) is 50.3 Å². The molecule has 5 nitrogen and oxygen atoms in total. The van der Waals surface area contributed by atoms with Gasteiger partial charge < -0.3 is 23.4 Å². The molecule has 5 atom stereocenters. The van der Waals surface area contributed by atoms with Crippen LogP contribution in [0, 0.1) is 6.57 Å². The summed E-state index contributed by atoms with van der Waals surface area (Å²) in [5.74, 6) is 0. The van der Waals surface area contributed by atoms with Crippen LogP contribution in [0.4, 0.5) is 0 Å². The Kier molecular flexibility index (Phi) is 5.16. The van der Waals surface area contributed by atoms with Crippen LogP contribution in [0.15, 0.2) is 0 Å². The number of hydrogen-bond acceptors (Lipinski definition) is 4. The maximum atomic E-state index is 6.73. The molecule has 0 N–H and O–H groups in total. The molecule has 2 aliphatic heterocycles. The molecule has 0 aromatic heterocycles. The van der Waals surface area contributed by atoms with Gasteiger partial charge in [-0.25, -0.2) is 6.57 Å². The van der Waals surface area contributed by atoms with Crippen LogP contribution in [0.1, 0.15) is 26.7 Å². The predicted octanol–water partition coefficient (Wildman–Crippen LogP) is 2.61. The number of fused-ring (bicyclic) bond motifs is 2. The Morgan fingerprint density at radius 2 is 2.32 bits per heavy atom. The first-order valence-corrected chi connectivity index (χ1v) is 8.41. The van der Waals surface area contributed by atoms with Gasteiger partial charge in [0, 0.05) is 13.1 Å². The van der Waals surface area contributed by atoms with E-state index in [0.717, 1.165) is 19.4 Å². The van der Waals surface area contributed by atoms with E-state index in [2.05, 4.69) is 11.8 Å². The molecule has 2 heterocycles. The topological polar surface area (TPSA) is 41.3 Å². The SMILES string of the molecule is [C-]#[N+]CCOP(C)O[C@H]1[C@H]2OCC[C@]1(CC)O[C@H]2C. The van der Waals surface area contributed by atoms with Crippen LogP contribution in [0.3, 0.4) is 0 Å². The van der Waals surface area contributed by atoms with Crippen molar-refractivity contribution in [3.8, 4) is 0 Å². The first kappa shape index (κ1) is 15.2. The monoisotopic (exact) mass is 287 g/mol. The first-order valence-electron chi connectivity index (χ1n) is 6.79. The lowest BCUT2D eigenvalue weighted by molar-refractivity contribution is -0.109. The maximum absolute atomic E-state index is 6.73. The predicted molar refractivity (Wildman–Crippen MR) is 73.1 cm³/mol. The van der Waals surface area contributed by atoms with Crippen molar-refractivity contribution >= 4 is 8.38 Å². The molecular formula is C13H22NO4P. The zero-order valence-electron chi connectivity index (χ0n) is 11.8. The molecule has 2 saturated heterocycles. The second kappa shape index (κ2) is 6.47. The molecule has 0 saturated carbocycles. The molecule has 0 spiro atoms. The lowest BCUT2D eigenvalue weighted by atomic mass is 9.87. The minimum Gasteiger partial charge on any atom is -0.373 e. The maximum Gasteiger partial charge on any atom is 0.238 e. The molecule has 0 aromatic carbocycles. The lowest BCUT2D eigenvalue weighted by Gasteiger charge is -2.38. The molecular weight excluding hydrogens is 265 g/mol. The van der Waals surface area contributed by atoms with E-state index in [9.17, 15) is 0 Å². The molecule has 2 rings (SSSR count). The Labute approximate surface area is 116 Å². The molecule has 2 aliphatic rings. The normalized spacial score (nSPS) is 38.9. The van der Waals surface area contributed by atoms with Crippen LogP contribution >= 0.6 is 8.38 Å². The fraction of sp³-hybridized carbons (Fsp3) is 0.923. The summed E-state index contributed by atoms with van der Waals surface area (Å²) in [7, 11) is -0.988. The number of nitrogens with zero attached hydrogens (tertiary/aromatic N) is 1. The average Bonchev–Trinajstić information content (AvgIpc) is 2.55. The minimum atomic E-state index is -0.988. The van der Waals surface area contributed by atoms with Gasteiger partial charge in [-0.2, -0.15) is 0 Å². The fourth-order valence-electron chi connectivity index (χ4n) is 2.86. The lowest BCUT2D eigenvalue weighted by Crippen LogP contribution is -2.49. The molecule has 2 fully saturated rings. The summed E-state index contributed by atoms with van der Waals surface area (Å²) in [5.41, 5.74) is -0.220. The molecule has 2 bridgehead atoms. The molecule has 0 aliphatic carbocycles. The summed E-state index contributed by atoms with van der Waals surface area (Å²) < 4.78 is 23.6. The summed E-state index contributed by atoms with van der Waals surface area (Å²) >= 11 is 0. The molecule has 0 amide bonds. The van der Waals surface area contributed by atoms with Crippen molar-refractivity contribution in [1.82, 2.24) is 0 Å². The Balaban J connectivity index is 1.96. The highest BCUT2D eigenvalue weighted by Gasteiger charge is 2.57. The largest absolute Gasteiger partial charge is 0.373 e. The van der Waals surface area contributed by atoms with Crippen LogP contribution in [-0.2, 0) is 18.5 Å². The van der Waals surface area contributed by atoms with Gasteiger partial charge in [0.15, 0.2) is 8.38 Å². The highest BCUT2D eigenvalue weighted by Crippen LogP contribution is 2.49. The highest BCUT2D eigenvalue weighted by atomic mass is 31.2. The average molecular weight is 287 g/mol. The van der Waals surface area contributed by atoms with Gasteiger partial charge in [0.1, 0.15) is 18.8 Å². The Morgan fingerprint density at radius 3 is 3.00 bits per heavy atom. The summed E-state index contributed by atoms with van der Waals surface area (Å²) in [6, 6.07) is 0. The van der Waals surface area contributed by atoms with E-state index >= 15 is 0 Å². The Morgan fingerprint density at radius 1 is 1.53 bits per heavy atom. The molecule has 19 heavy (non-hydrogen) atoms. The van der Waals surface area contributed by atoms with E-state index in [-0.39, 0.29) is 23.9 Å². The number of rotatable bonds is 6. The van der Waals surface area contributed by atoms with Gasteiger partial charge in [-0.3, -0.25) is 0 Å². The van der Waals surface area contributed by atoms with Crippen molar-refractivity contribution < 1.29 is 18.5 Å². The summed E-state index contributed by atoms with van der Waals surface area (Å²) in [6.07, 6.45) is 1.82. The number of hydrogen-bond donors (Lipinski definition) is 0. The molecule has 1 unspecified atom stereocenters. The third-order valence-electron chi connectivity index (χ3n) is 3.87. The van der Waals surface area contributed by atoms with E-state index in [1.165, 1.54) is 0 Å². The van der Waals surface area contributed by atoms with Crippen LogP contribution in [0.2, 0.25) is 0 Å². The van der Waals surface area contributed by atoms with E-state index in [0.29, 0.717) is 13.2 Å². The van der Waals surface area contributed by atoms with Gasteiger partial charge in [-0.1, -0.05) is 6.92 Å². The first-order chi connectivity index (χ1) is 9.13. The van der Waals surface area contributed by atoms with Crippen molar-refractivity contribution in [3.05, 3.63) is 11.4 Å². The van der Waals surface area contributed by atoms with Gasteiger partial charge in [0.05, 0.1) is 18.3 Å². The summed E-state index contributed by atoms with van der Waals surface area (Å²) in [4.78, 5) is 3.27. The van der Waals surface area contributed by atoms with Crippen molar-refractivity contribution in [1.29, 1.82) is 0 Å². The van der Waals surface area contributed by atoms with Crippen LogP contribution in [0.25, 0.3) is 4.85 Å². The van der Waals surface area contributed by atoms with Gasteiger partial charge in [0.2, 0.25) is 6.54 Å². The van der Waals surface area contributed by atoms with Crippen LogP contribution in [0.5, 0.6) is 0 Å². The van der Waals surface area contributed by atoms with E-state index in [1.807, 2.05) is 13.6 Å². The zero-order valence-corrected chi connectivity index (χ0v) is 12.7. The van der Waals surface area contributed by atoms with Gasteiger partial charge >= 0.3 is 0 Å². The van der Waals surface area contributed by atoms with Crippen molar-refractivity contribution in [3.63, 3.8) is 0 Å². The fourth-order valence-corrected chi connectivity index (χ4v) is 3.90. The third-order valence-corrected chi connectivity index (χ3v) is 4.94. The van der Waals surface area contributed by atoms with Crippen molar-refractivity contribution in [2.75, 3.05) is 26.4 Å². The van der Waals surface area contributed by atoms with Gasteiger partial charge in [0.25, 0.3) is 0 Å².